The first kappa shape index (κ1) is 34.3. The molecule has 0 unspecified atom stereocenters. The van der Waals surface area contributed by atoms with Gasteiger partial charge in [-0.1, -0.05) is 32.0 Å². The number of hydrogen-bond acceptors (Lipinski definition) is 7. The van der Waals surface area contributed by atoms with Gasteiger partial charge < -0.3 is 19.9 Å². The molecule has 0 radical (unpaired) electrons. The number of rotatable bonds is 12. The molecule has 246 valence electrons. The Hall–Kier alpha value is -4.59. The number of nitrogens with zero attached hydrogens (tertiary/aromatic N) is 6. The smallest absolute Gasteiger partial charge is 0.416 e. The number of pyridine rings is 1. The number of carbonyl (C=O) groups excluding carboxylic acids is 1. The summed E-state index contributed by atoms with van der Waals surface area (Å²) in [6, 6.07) is 5.54. The van der Waals surface area contributed by atoms with E-state index in [1.807, 2.05) is 45.9 Å². The molecule has 0 spiro atoms. The number of nitrogens with one attached hydrogen (secondary N) is 1. The fourth-order valence-electron chi connectivity index (χ4n) is 5.51. The van der Waals surface area contributed by atoms with E-state index in [4.69, 9.17) is 0 Å². The van der Waals surface area contributed by atoms with E-state index in [0.29, 0.717) is 11.8 Å². The number of likely N-dealkylation sites (N-methyl/N-ethyl adjacent to an activating group) is 1. The molecule has 11 nitrogen and oxygen atoms in total. The fourth-order valence-corrected chi connectivity index (χ4v) is 5.51. The van der Waals surface area contributed by atoms with Crippen LogP contribution in [0.4, 0.5) is 13.2 Å². The van der Waals surface area contributed by atoms with E-state index in [9.17, 15) is 32.7 Å². The summed E-state index contributed by atoms with van der Waals surface area (Å²) < 4.78 is 44.3. The summed E-state index contributed by atoms with van der Waals surface area (Å²) in [6.07, 6.45) is -2.80. The highest BCUT2D eigenvalue weighted by atomic mass is 19.4. The van der Waals surface area contributed by atoms with Crippen LogP contribution in [-0.2, 0) is 22.2 Å². The van der Waals surface area contributed by atoms with E-state index < -0.39 is 47.7 Å². The number of carboxylic acids is 1. The maximum Gasteiger partial charge on any atom is 0.416 e. The number of carbonyl (C=O) groups is 2. The molecule has 0 aliphatic carbocycles. The minimum absolute atomic E-state index is 0.0108. The van der Waals surface area contributed by atoms with Crippen LogP contribution >= 0.6 is 0 Å². The predicted octanol–water partition coefficient (Wildman–Crippen LogP) is 4.61. The normalized spacial score (nSPS) is 13.4. The van der Waals surface area contributed by atoms with Gasteiger partial charge >= 0.3 is 12.1 Å². The van der Waals surface area contributed by atoms with Crippen molar-refractivity contribution in [2.45, 2.75) is 65.2 Å². The molecule has 0 aliphatic heterocycles. The maximum absolute atomic E-state index is 14.0. The lowest BCUT2D eigenvalue weighted by atomic mass is 9.97. The molecule has 1 aromatic carbocycles. The van der Waals surface area contributed by atoms with Gasteiger partial charge in [-0.15, -0.1) is 0 Å². The third-order valence-corrected chi connectivity index (χ3v) is 7.69. The van der Waals surface area contributed by atoms with Crippen molar-refractivity contribution in [1.82, 2.24) is 34.4 Å². The minimum atomic E-state index is -4.76. The maximum atomic E-state index is 14.0. The first-order valence-corrected chi connectivity index (χ1v) is 14.8. The van der Waals surface area contributed by atoms with Crippen LogP contribution in [0.15, 0.2) is 47.7 Å². The Morgan fingerprint density at radius 2 is 1.78 bits per heavy atom. The number of aromatic nitrogens is 5. The van der Waals surface area contributed by atoms with Crippen LogP contribution in [0.25, 0.3) is 17.0 Å². The Bertz CT molecular complexity index is 1780. The zero-order valence-electron chi connectivity index (χ0n) is 26.6. The van der Waals surface area contributed by atoms with Gasteiger partial charge in [-0.3, -0.25) is 14.4 Å². The molecular formula is C32H38F3N7O4. The van der Waals surface area contributed by atoms with Crippen molar-refractivity contribution in [1.29, 1.82) is 0 Å². The molecule has 3 heterocycles. The Morgan fingerprint density at radius 3 is 2.37 bits per heavy atom. The Kier molecular flexibility index (Phi) is 10.3. The van der Waals surface area contributed by atoms with Crippen molar-refractivity contribution in [2.24, 2.45) is 5.92 Å². The van der Waals surface area contributed by atoms with Crippen LogP contribution in [-0.4, -0.2) is 66.7 Å². The van der Waals surface area contributed by atoms with Crippen LogP contribution in [0.3, 0.4) is 0 Å². The molecule has 4 rings (SSSR count). The summed E-state index contributed by atoms with van der Waals surface area (Å²) in [5.41, 5.74) is 1.31. The summed E-state index contributed by atoms with van der Waals surface area (Å²) in [5, 5.41) is 16.9. The Labute approximate surface area is 264 Å². The first-order valence-electron chi connectivity index (χ1n) is 14.8. The van der Waals surface area contributed by atoms with Gasteiger partial charge in [0.15, 0.2) is 0 Å². The van der Waals surface area contributed by atoms with Crippen LogP contribution in [0, 0.1) is 19.8 Å². The third kappa shape index (κ3) is 7.79. The highest BCUT2D eigenvalue weighted by molar-refractivity contribution is 5.82. The van der Waals surface area contributed by atoms with Gasteiger partial charge in [0.1, 0.15) is 12.4 Å². The molecular weight excluding hydrogens is 603 g/mol. The lowest BCUT2D eigenvalue weighted by molar-refractivity contribution is -0.139. The molecule has 14 heteroatoms. The van der Waals surface area contributed by atoms with Gasteiger partial charge in [-0.05, 0) is 69.5 Å². The number of alkyl halides is 3. The van der Waals surface area contributed by atoms with Crippen molar-refractivity contribution in [2.75, 3.05) is 20.6 Å². The number of fused-ring (bicyclic) bond motifs is 1. The van der Waals surface area contributed by atoms with E-state index in [1.54, 1.807) is 25.1 Å². The van der Waals surface area contributed by atoms with Crippen molar-refractivity contribution >= 4 is 17.7 Å². The van der Waals surface area contributed by atoms with Crippen LogP contribution in [0.1, 0.15) is 66.7 Å². The quantitative estimate of drug-likeness (QED) is 0.229. The molecule has 0 saturated heterocycles. The van der Waals surface area contributed by atoms with Crippen LogP contribution in [0.2, 0.25) is 0 Å². The highest BCUT2D eigenvalue weighted by Crippen LogP contribution is 2.33. The molecule has 0 aliphatic rings. The van der Waals surface area contributed by atoms with Crippen molar-refractivity contribution in [3.8, 4) is 11.3 Å². The Morgan fingerprint density at radius 1 is 1.11 bits per heavy atom. The standard InChI is InChI=1S/C32H38F3N7O4/c1-18(2)12-26(41-16-21(10-11-40(5)6)22(13-27(41)43)32(33,34)35)30(46)38-24(15-28(44)45)23-14-25(42-31(39-23)36-17-37-42)29-19(3)8-7-9-20(29)4/h7-9,13-14,16-18,24,26H,10-12,15H2,1-6H3,(H,38,46)(H,44,45)/t24-,26-/m1/s1. The van der Waals surface area contributed by atoms with E-state index >= 15 is 0 Å². The Balaban J connectivity index is 1.81. The zero-order valence-corrected chi connectivity index (χ0v) is 26.6. The van der Waals surface area contributed by atoms with Gasteiger partial charge in [0.2, 0.25) is 5.91 Å². The molecule has 0 fully saturated rings. The summed E-state index contributed by atoms with van der Waals surface area (Å²) in [6.45, 7) is 7.76. The van der Waals surface area contributed by atoms with Crippen LogP contribution in [0.5, 0.6) is 0 Å². The molecule has 2 N–H and O–H groups in total. The van der Waals surface area contributed by atoms with Crippen LogP contribution < -0.4 is 10.9 Å². The minimum Gasteiger partial charge on any atom is -0.481 e. The van der Waals surface area contributed by atoms with Gasteiger partial charge in [-0.25, -0.2) is 4.98 Å². The van der Waals surface area contributed by atoms with Gasteiger partial charge in [0.05, 0.1) is 29.4 Å². The van der Waals surface area contributed by atoms with Crippen molar-refractivity contribution in [3.63, 3.8) is 0 Å². The number of aryl methyl sites for hydroxylation is 2. The second kappa shape index (κ2) is 13.8. The second-order valence-electron chi connectivity index (χ2n) is 12.1. The third-order valence-electron chi connectivity index (χ3n) is 7.69. The fraction of sp³-hybridized carbons (Fsp3) is 0.438. The van der Waals surface area contributed by atoms with Crippen molar-refractivity contribution in [3.05, 3.63) is 81.2 Å². The average Bonchev–Trinajstić information content (AvgIpc) is 3.43. The summed E-state index contributed by atoms with van der Waals surface area (Å²) in [7, 11) is 3.44. The first-order chi connectivity index (χ1) is 21.6. The van der Waals surface area contributed by atoms with E-state index in [1.165, 1.54) is 10.8 Å². The second-order valence-corrected chi connectivity index (χ2v) is 12.1. The highest BCUT2D eigenvalue weighted by Gasteiger charge is 2.36. The topological polar surface area (TPSA) is 135 Å². The molecule has 46 heavy (non-hydrogen) atoms. The van der Waals surface area contributed by atoms with Crippen molar-refractivity contribution < 1.29 is 27.9 Å². The van der Waals surface area contributed by atoms with Gasteiger partial charge in [0, 0.05) is 24.4 Å². The molecule has 1 amide bonds. The number of halogens is 3. The van der Waals surface area contributed by atoms with E-state index in [-0.39, 0.29) is 42.3 Å². The molecule has 4 aromatic rings. The zero-order chi connectivity index (χ0) is 33.9. The molecule has 3 aromatic heterocycles. The lowest BCUT2D eigenvalue weighted by Gasteiger charge is -2.26. The number of amides is 1. The monoisotopic (exact) mass is 641 g/mol. The predicted molar refractivity (Wildman–Crippen MR) is 165 cm³/mol. The van der Waals surface area contributed by atoms with E-state index in [0.717, 1.165) is 27.5 Å². The van der Waals surface area contributed by atoms with Gasteiger partial charge in [-0.2, -0.15) is 27.8 Å². The molecule has 0 saturated carbocycles. The largest absolute Gasteiger partial charge is 0.481 e. The summed E-state index contributed by atoms with van der Waals surface area (Å²) in [5.74, 6) is -1.91. The summed E-state index contributed by atoms with van der Waals surface area (Å²) in [4.78, 5) is 49.6. The lowest BCUT2D eigenvalue weighted by Crippen LogP contribution is -2.41. The molecule has 2 atom stereocenters. The van der Waals surface area contributed by atoms with Gasteiger partial charge in [0.25, 0.3) is 11.3 Å². The number of hydrogen-bond donors (Lipinski definition) is 2. The SMILES string of the molecule is Cc1cccc(C)c1-c1cc([C@@H](CC(=O)O)NC(=O)[C@@H](CC(C)C)n2cc(CCN(C)C)c(C(F)(F)F)cc2=O)nc2ncnn12. The molecule has 0 bridgehead atoms. The average molecular weight is 642 g/mol. The number of benzene rings is 1. The number of carboxylic acid groups (broad SMARTS) is 1. The summed E-state index contributed by atoms with van der Waals surface area (Å²) >= 11 is 0. The van der Waals surface area contributed by atoms with E-state index in [2.05, 4.69) is 20.4 Å². The number of aliphatic carboxylic acids is 1.